The minimum Gasteiger partial charge on any atom is -0.490 e. The van der Waals surface area contributed by atoms with Gasteiger partial charge in [-0.05, 0) is 69.2 Å². The van der Waals surface area contributed by atoms with Crippen molar-refractivity contribution in [2.75, 3.05) is 26.8 Å². The highest BCUT2D eigenvalue weighted by molar-refractivity contribution is 5.85. The standard InChI is InChI=1S/C27H39N3O3.2ClH/c1-3-4-10-25-24(20-11-13-23(14-12-20)33-22-8-6-5-7-9-22)17-27(30-29-25)32-19-21-15-16-28-18-26(21)31-2;;/h11-14,17,21-22,26,28H,3-10,15-16,18-19H2,1-2H3;2*1H. The molecular weight excluding hydrogens is 485 g/mol. The van der Waals surface area contributed by atoms with Crippen LogP contribution in [0.5, 0.6) is 11.6 Å². The van der Waals surface area contributed by atoms with Crippen molar-refractivity contribution in [3.05, 3.63) is 36.0 Å². The molecule has 1 aliphatic heterocycles. The van der Waals surface area contributed by atoms with Gasteiger partial charge in [0, 0.05) is 31.2 Å². The molecule has 2 aliphatic rings. The van der Waals surface area contributed by atoms with Gasteiger partial charge in [-0.3, -0.25) is 0 Å². The van der Waals surface area contributed by atoms with Crippen LogP contribution < -0.4 is 14.8 Å². The zero-order valence-electron chi connectivity index (χ0n) is 21.0. The van der Waals surface area contributed by atoms with Crippen LogP contribution in [0.15, 0.2) is 30.3 Å². The summed E-state index contributed by atoms with van der Waals surface area (Å²) in [6.07, 6.45) is 10.9. The van der Waals surface area contributed by atoms with E-state index < -0.39 is 0 Å². The second-order valence-electron chi connectivity index (χ2n) is 9.39. The zero-order valence-corrected chi connectivity index (χ0v) is 22.7. The summed E-state index contributed by atoms with van der Waals surface area (Å²) in [5.74, 6) is 1.90. The molecule has 2 aromatic rings. The second-order valence-corrected chi connectivity index (χ2v) is 9.39. The van der Waals surface area contributed by atoms with Crippen molar-refractivity contribution in [3.8, 4) is 22.8 Å². The highest BCUT2D eigenvalue weighted by Crippen LogP contribution is 2.30. The van der Waals surface area contributed by atoms with Crippen LogP contribution >= 0.6 is 24.8 Å². The Morgan fingerprint density at radius 1 is 1.00 bits per heavy atom. The van der Waals surface area contributed by atoms with Crippen molar-refractivity contribution in [1.29, 1.82) is 0 Å². The third-order valence-corrected chi connectivity index (χ3v) is 6.95. The molecule has 0 radical (unpaired) electrons. The Bertz CT molecular complexity index is 863. The van der Waals surface area contributed by atoms with Crippen LogP contribution in [0.25, 0.3) is 11.1 Å². The van der Waals surface area contributed by atoms with Crippen molar-refractivity contribution in [3.63, 3.8) is 0 Å². The lowest BCUT2D eigenvalue weighted by molar-refractivity contribution is 0.0134. The van der Waals surface area contributed by atoms with Gasteiger partial charge in [0.15, 0.2) is 0 Å². The number of benzene rings is 1. The summed E-state index contributed by atoms with van der Waals surface area (Å²) in [7, 11) is 1.77. The molecule has 1 aliphatic carbocycles. The maximum atomic E-state index is 6.22. The number of aromatic nitrogens is 2. The summed E-state index contributed by atoms with van der Waals surface area (Å²) < 4.78 is 18.0. The topological polar surface area (TPSA) is 65.5 Å². The normalized spacial score (nSPS) is 20.4. The first kappa shape index (κ1) is 29.6. The van der Waals surface area contributed by atoms with E-state index in [2.05, 4.69) is 52.8 Å². The number of nitrogens with one attached hydrogen (secondary N) is 1. The predicted octanol–water partition coefficient (Wildman–Crippen LogP) is 6.04. The largest absolute Gasteiger partial charge is 0.490 e. The molecule has 6 nitrogen and oxygen atoms in total. The van der Waals surface area contributed by atoms with Crippen molar-refractivity contribution >= 4 is 24.8 Å². The Balaban J connectivity index is 0.00000216. The van der Waals surface area contributed by atoms with E-state index in [0.29, 0.717) is 24.5 Å². The van der Waals surface area contributed by atoms with Gasteiger partial charge in [-0.2, -0.15) is 5.10 Å². The summed E-state index contributed by atoms with van der Waals surface area (Å²) in [6.45, 7) is 4.66. The van der Waals surface area contributed by atoms with Gasteiger partial charge in [-0.1, -0.05) is 31.9 Å². The highest BCUT2D eigenvalue weighted by Gasteiger charge is 2.25. The fraction of sp³-hybridized carbons (Fsp3) is 0.630. The van der Waals surface area contributed by atoms with Crippen LogP contribution in [0, 0.1) is 5.92 Å². The summed E-state index contributed by atoms with van der Waals surface area (Å²) in [5.41, 5.74) is 3.27. The van der Waals surface area contributed by atoms with Crippen LogP contribution in [0.2, 0.25) is 0 Å². The van der Waals surface area contributed by atoms with Gasteiger partial charge in [-0.15, -0.1) is 29.9 Å². The van der Waals surface area contributed by atoms with E-state index in [1.165, 1.54) is 32.1 Å². The minimum absolute atomic E-state index is 0. The number of piperidine rings is 1. The van der Waals surface area contributed by atoms with Gasteiger partial charge in [0.2, 0.25) is 5.88 Å². The predicted molar refractivity (Wildman–Crippen MR) is 145 cm³/mol. The fourth-order valence-corrected chi connectivity index (χ4v) is 4.88. The molecule has 4 rings (SSSR count). The molecule has 2 atom stereocenters. The molecule has 1 aromatic heterocycles. The molecule has 1 saturated heterocycles. The third kappa shape index (κ3) is 8.49. The molecule has 1 aromatic carbocycles. The fourth-order valence-electron chi connectivity index (χ4n) is 4.88. The summed E-state index contributed by atoms with van der Waals surface area (Å²) in [6, 6.07) is 10.5. The first-order chi connectivity index (χ1) is 16.3. The van der Waals surface area contributed by atoms with Crippen LogP contribution in [-0.4, -0.2) is 49.2 Å². The van der Waals surface area contributed by atoms with Crippen molar-refractivity contribution in [2.24, 2.45) is 5.92 Å². The molecule has 8 heteroatoms. The quantitative estimate of drug-likeness (QED) is 0.407. The molecule has 2 fully saturated rings. The highest BCUT2D eigenvalue weighted by atomic mass is 35.5. The lowest BCUT2D eigenvalue weighted by Crippen LogP contribution is -2.44. The number of hydrogen-bond acceptors (Lipinski definition) is 6. The number of unbranched alkanes of at least 4 members (excludes halogenated alkanes) is 1. The van der Waals surface area contributed by atoms with Gasteiger partial charge < -0.3 is 19.5 Å². The van der Waals surface area contributed by atoms with Gasteiger partial charge in [0.25, 0.3) is 0 Å². The van der Waals surface area contributed by atoms with E-state index in [4.69, 9.17) is 14.2 Å². The Hall–Kier alpha value is -1.60. The second kappa shape index (κ2) is 15.5. The number of nitrogens with zero attached hydrogens (tertiary/aromatic N) is 2. The molecule has 1 saturated carbocycles. The molecule has 2 unspecified atom stereocenters. The average molecular weight is 527 g/mol. The summed E-state index contributed by atoms with van der Waals surface area (Å²) >= 11 is 0. The van der Waals surface area contributed by atoms with E-state index in [9.17, 15) is 0 Å². The molecule has 0 bridgehead atoms. The summed E-state index contributed by atoms with van der Waals surface area (Å²) in [4.78, 5) is 0. The van der Waals surface area contributed by atoms with Crippen LogP contribution in [0.1, 0.15) is 64.0 Å². The number of rotatable bonds is 10. The first-order valence-corrected chi connectivity index (χ1v) is 12.8. The monoisotopic (exact) mass is 525 g/mol. The minimum atomic E-state index is 0. The van der Waals surface area contributed by atoms with Crippen molar-refractivity contribution < 1.29 is 14.2 Å². The molecule has 2 heterocycles. The summed E-state index contributed by atoms with van der Waals surface area (Å²) in [5, 5.41) is 12.3. The van der Waals surface area contributed by atoms with E-state index in [-0.39, 0.29) is 30.9 Å². The van der Waals surface area contributed by atoms with Crippen LogP contribution in [0.3, 0.4) is 0 Å². The van der Waals surface area contributed by atoms with Gasteiger partial charge >= 0.3 is 0 Å². The van der Waals surface area contributed by atoms with Gasteiger partial charge in [-0.25, -0.2) is 0 Å². The molecule has 0 spiro atoms. The molecule has 1 N–H and O–H groups in total. The number of ether oxygens (including phenoxy) is 3. The SMILES string of the molecule is CCCCc1nnc(OCC2CCNCC2OC)cc1-c1ccc(OC2CCCCC2)cc1.Cl.Cl. The maximum Gasteiger partial charge on any atom is 0.234 e. The van der Waals surface area contributed by atoms with Crippen LogP contribution in [0.4, 0.5) is 0 Å². The van der Waals surface area contributed by atoms with Crippen molar-refractivity contribution in [1.82, 2.24) is 15.5 Å². The Morgan fingerprint density at radius 3 is 2.49 bits per heavy atom. The average Bonchev–Trinajstić information content (AvgIpc) is 2.87. The molecular formula is C27H41Cl2N3O3. The number of methoxy groups -OCH3 is 1. The van der Waals surface area contributed by atoms with E-state index in [1.54, 1.807) is 7.11 Å². The van der Waals surface area contributed by atoms with Crippen LogP contribution in [-0.2, 0) is 11.2 Å². The lowest BCUT2D eigenvalue weighted by atomic mass is 9.96. The molecule has 35 heavy (non-hydrogen) atoms. The number of halogens is 2. The van der Waals surface area contributed by atoms with E-state index in [0.717, 1.165) is 61.3 Å². The smallest absolute Gasteiger partial charge is 0.234 e. The first-order valence-electron chi connectivity index (χ1n) is 12.8. The number of hydrogen-bond donors (Lipinski definition) is 1. The zero-order chi connectivity index (χ0) is 22.9. The van der Waals surface area contributed by atoms with Gasteiger partial charge in [0.05, 0.1) is 24.5 Å². The van der Waals surface area contributed by atoms with Crippen molar-refractivity contribution in [2.45, 2.75) is 76.9 Å². The molecule has 0 amide bonds. The van der Waals surface area contributed by atoms with E-state index >= 15 is 0 Å². The lowest BCUT2D eigenvalue weighted by Gasteiger charge is -2.30. The number of aryl methyl sites for hydroxylation is 1. The third-order valence-electron chi connectivity index (χ3n) is 6.95. The Labute approximate surface area is 222 Å². The maximum absolute atomic E-state index is 6.22. The molecule has 196 valence electrons. The Kier molecular flexibility index (Phi) is 13.1. The van der Waals surface area contributed by atoms with Gasteiger partial charge in [0.1, 0.15) is 5.75 Å². The Morgan fingerprint density at radius 2 is 1.77 bits per heavy atom. The van der Waals surface area contributed by atoms with E-state index in [1.807, 2.05) is 0 Å².